The van der Waals surface area contributed by atoms with Crippen LogP contribution in [0.2, 0.25) is 0 Å². The normalized spacial score (nSPS) is 15.5. The van der Waals surface area contributed by atoms with Crippen LogP contribution in [0.3, 0.4) is 0 Å². The van der Waals surface area contributed by atoms with Gasteiger partial charge in [0.05, 0.1) is 31.4 Å². The Balaban J connectivity index is 1.94. The Morgan fingerprint density at radius 1 is 0.517 bits per heavy atom. The fourth-order valence-electron chi connectivity index (χ4n) is 8.97. The first-order chi connectivity index (χ1) is 41.9. The molecule has 1 heterocycles. The molecule has 0 fully saturated rings. The second-order valence-corrected chi connectivity index (χ2v) is 21.6. The summed E-state index contributed by atoms with van der Waals surface area (Å²) >= 11 is 0. The van der Waals surface area contributed by atoms with Crippen molar-refractivity contribution in [2.45, 2.75) is 166 Å². The zero-order valence-electron chi connectivity index (χ0n) is 50.3. The number of carbonyl (C=O) groups excluding carboxylic acids is 11. The molecule has 13 atom stereocenters. The predicted octanol–water partition coefficient (Wildman–Crippen LogP) is -4.50. The highest BCUT2D eigenvalue weighted by Gasteiger charge is 2.38. The van der Waals surface area contributed by atoms with E-state index in [2.05, 4.69) is 57.8 Å². The van der Waals surface area contributed by atoms with Crippen LogP contribution in [0.5, 0.6) is 0 Å². The van der Waals surface area contributed by atoms with Crippen LogP contribution in [0.1, 0.15) is 97.6 Å². The van der Waals surface area contributed by atoms with Crippen molar-refractivity contribution in [3.8, 4) is 0 Å². The number of aromatic amines is 1. The number of nitrogens with zero attached hydrogens (tertiary/aromatic N) is 1. The van der Waals surface area contributed by atoms with Crippen molar-refractivity contribution >= 4 is 93.8 Å². The Morgan fingerprint density at radius 2 is 0.989 bits per heavy atom. The molecule has 11 amide bonds. The van der Waals surface area contributed by atoms with E-state index in [1.54, 1.807) is 88.5 Å². The maximum atomic E-state index is 14.4. The van der Waals surface area contributed by atoms with E-state index in [1.807, 2.05) is 0 Å². The number of carboxylic acid groups (broad SMARTS) is 2. The van der Waals surface area contributed by atoms with Crippen LogP contribution in [0.25, 0.3) is 10.9 Å². The topological polar surface area (TPSA) is 549 Å². The van der Waals surface area contributed by atoms with E-state index in [0.717, 1.165) is 6.92 Å². The highest BCUT2D eigenvalue weighted by molar-refractivity contribution is 6.01. The second kappa shape index (κ2) is 35.8. The number of hydrogen-bond donors (Lipinski definition) is 18. The molecule has 0 spiro atoms. The molecule has 0 saturated carbocycles. The van der Waals surface area contributed by atoms with Crippen molar-refractivity contribution in [3.63, 3.8) is 0 Å². The van der Waals surface area contributed by atoms with E-state index >= 15 is 0 Å². The van der Waals surface area contributed by atoms with Gasteiger partial charge in [0.25, 0.3) is 0 Å². The zero-order chi connectivity index (χ0) is 66.8. The second-order valence-electron chi connectivity index (χ2n) is 21.6. The Morgan fingerprint density at radius 3 is 1.57 bits per heavy atom. The van der Waals surface area contributed by atoms with Crippen LogP contribution in [0.4, 0.5) is 0 Å². The van der Waals surface area contributed by atoms with Gasteiger partial charge in [-0.05, 0) is 55.7 Å². The first-order valence-electron chi connectivity index (χ1n) is 28.7. The summed E-state index contributed by atoms with van der Waals surface area (Å²) in [4.78, 5) is 181. The number of H-pyrrole nitrogens is 1. The van der Waals surface area contributed by atoms with E-state index in [0.29, 0.717) is 28.5 Å². The number of aliphatic hydroxyl groups is 1. The molecule has 0 aliphatic carbocycles. The summed E-state index contributed by atoms with van der Waals surface area (Å²) < 4.78 is 0. The van der Waals surface area contributed by atoms with Gasteiger partial charge < -0.3 is 96.8 Å². The number of guanidine groups is 1. The number of para-hydroxylation sites is 1. The van der Waals surface area contributed by atoms with Gasteiger partial charge in [-0.15, -0.1) is 0 Å². The summed E-state index contributed by atoms with van der Waals surface area (Å²) in [5.41, 5.74) is 29.1. The standard InChI is InChI=1S/C57H84N16O16/c1-7-27(3)44(54(86)69-37(21-31-15-10-9-11-16-31)50(82)65-29(5)47(79)72-45(56(88)89)28(4)8-2)71-53(85)39(24-42(60)76)68-51(83)40(25-43(77)78)70-55(87)46(30(6)74)73-52(84)38(22-32-26-64-35-18-13-12-17-33(32)35)67-49(81)36(19-14-20-63-57(61)62)66-48(80)34(58)23-41(59)75/h9-13,15-18,26-30,34,36-40,44-46,64,74H,7-8,14,19-25,58H2,1-6H3,(H2,59,75)(H2,60,76)(H,65,82)(H,66,80)(H,67,81)(H,68,83)(H,69,86)(H,70,87)(H,71,85)(H,72,79)(H,73,84)(H,77,78)(H,88,89)(H4,61,62,63)/t27-,28-,29-,30+,34-,36-,37-,38-,39-,40-,44-,45-,46-/m0/s1. The third kappa shape index (κ3) is 24.2. The minimum atomic E-state index is -2.13. The average Bonchev–Trinajstić information content (AvgIpc) is 2.01. The van der Waals surface area contributed by atoms with Crippen LogP contribution in [0, 0.1) is 11.8 Å². The third-order valence-electron chi connectivity index (χ3n) is 14.4. The number of amides is 11. The van der Waals surface area contributed by atoms with Crippen molar-refractivity contribution in [1.29, 1.82) is 0 Å². The number of aliphatic hydroxyl groups excluding tert-OH is 1. The van der Waals surface area contributed by atoms with Gasteiger partial charge in [-0.25, -0.2) is 4.79 Å². The van der Waals surface area contributed by atoms with Gasteiger partial charge in [0.1, 0.15) is 54.4 Å². The molecule has 488 valence electrons. The molecule has 3 aromatic rings. The number of rotatable bonds is 38. The van der Waals surface area contributed by atoms with Crippen LogP contribution in [0.15, 0.2) is 65.8 Å². The van der Waals surface area contributed by atoms with Gasteiger partial charge in [0.2, 0.25) is 65.0 Å². The molecule has 0 saturated heterocycles. The molecule has 32 heteroatoms. The van der Waals surface area contributed by atoms with Crippen LogP contribution in [-0.2, 0) is 75.2 Å². The van der Waals surface area contributed by atoms with Gasteiger partial charge in [0, 0.05) is 36.5 Å². The van der Waals surface area contributed by atoms with Crippen molar-refractivity contribution < 1.29 is 77.6 Å². The molecule has 23 N–H and O–H groups in total. The zero-order valence-corrected chi connectivity index (χ0v) is 50.3. The van der Waals surface area contributed by atoms with Crippen LogP contribution < -0.4 is 76.5 Å². The molecular formula is C57H84N16O16. The number of carboxylic acids is 2. The lowest BCUT2D eigenvalue weighted by Crippen LogP contribution is -2.63. The van der Waals surface area contributed by atoms with E-state index in [-0.39, 0.29) is 44.6 Å². The summed E-state index contributed by atoms with van der Waals surface area (Å²) in [5, 5.41) is 52.9. The first kappa shape index (κ1) is 73.5. The summed E-state index contributed by atoms with van der Waals surface area (Å²) in [6, 6.07) is -1.03. The number of aliphatic imine (C=N–C) groups is 1. The quantitative estimate of drug-likeness (QED) is 0.0146. The number of aromatic nitrogens is 1. The van der Waals surface area contributed by atoms with Gasteiger partial charge in [0.15, 0.2) is 5.96 Å². The predicted molar refractivity (Wildman–Crippen MR) is 321 cm³/mol. The molecule has 32 nitrogen and oxygen atoms in total. The molecule has 0 aliphatic rings. The van der Waals surface area contributed by atoms with Crippen molar-refractivity contribution in [2.75, 3.05) is 6.54 Å². The SMILES string of the molecule is CC[C@H](C)[C@H](NC(=O)[C@H](C)NC(=O)[C@H](Cc1ccccc1)NC(=O)[C@@H](NC(=O)[C@H](CC(N)=O)NC(=O)[C@H](CC(=O)O)NC(=O)[C@@H](NC(=O)[C@H](Cc1c[nH]c2ccccc12)NC(=O)[C@H](CCCN=C(N)N)NC(=O)[C@@H](N)CC(N)=O)[C@@H](C)O)[C@@H](C)CC)C(=O)O. The van der Waals surface area contributed by atoms with E-state index < -0.39 is 175 Å². The van der Waals surface area contributed by atoms with Crippen molar-refractivity contribution in [2.24, 2.45) is 45.5 Å². The number of primary amides is 2. The lowest BCUT2D eigenvalue weighted by Gasteiger charge is -2.29. The minimum absolute atomic E-state index is 0.0120. The van der Waals surface area contributed by atoms with Crippen LogP contribution in [-0.4, -0.2) is 176 Å². The molecule has 0 radical (unpaired) electrons. The summed E-state index contributed by atoms with van der Waals surface area (Å²) in [7, 11) is 0. The number of carbonyl (C=O) groups is 13. The molecule has 0 unspecified atom stereocenters. The Labute approximate surface area is 512 Å². The molecule has 2 aromatic carbocycles. The number of fused-ring (bicyclic) bond motifs is 1. The number of hydrogen-bond acceptors (Lipinski definition) is 16. The first-order valence-corrected chi connectivity index (χ1v) is 28.7. The largest absolute Gasteiger partial charge is 0.481 e. The molecule has 3 rings (SSSR count). The van der Waals surface area contributed by atoms with Gasteiger partial charge >= 0.3 is 11.9 Å². The summed E-state index contributed by atoms with van der Waals surface area (Å²) in [5.74, 6) is -16.3. The third-order valence-corrected chi connectivity index (χ3v) is 14.4. The molecule has 1 aromatic heterocycles. The Bertz CT molecular complexity index is 3030. The number of nitrogens with one attached hydrogen (secondary N) is 10. The highest BCUT2D eigenvalue weighted by atomic mass is 16.4. The van der Waals surface area contributed by atoms with E-state index in [4.69, 9.17) is 28.7 Å². The maximum absolute atomic E-state index is 14.4. The summed E-state index contributed by atoms with van der Waals surface area (Å²) in [6.07, 6.45) is -2.95. The van der Waals surface area contributed by atoms with E-state index in [1.165, 1.54) is 6.92 Å². The number of nitrogens with two attached hydrogens (primary N) is 5. The van der Waals surface area contributed by atoms with Crippen molar-refractivity contribution in [1.82, 2.24) is 52.8 Å². The summed E-state index contributed by atoms with van der Waals surface area (Å²) in [6.45, 7) is 8.93. The Kier molecular flexibility index (Phi) is 29.6. The van der Waals surface area contributed by atoms with Crippen LogP contribution >= 0.6 is 0 Å². The molecule has 89 heavy (non-hydrogen) atoms. The number of benzene rings is 2. The molecule has 0 bridgehead atoms. The maximum Gasteiger partial charge on any atom is 0.326 e. The average molecular weight is 1250 g/mol. The highest BCUT2D eigenvalue weighted by Crippen LogP contribution is 2.20. The molecule has 0 aliphatic heterocycles. The lowest BCUT2D eigenvalue weighted by molar-refractivity contribution is -0.143. The minimum Gasteiger partial charge on any atom is -0.481 e. The molecular weight excluding hydrogens is 1160 g/mol. The van der Waals surface area contributed by atoms with Gasteiger partial charge in [-0.2, -0.15) is 0 Å². The van der Waals surface area contributed by atoms with Gasteiger partial charge in [-0.1, -0.05) is 89.1 Å². The van der Waals surface area contributed by atoms with Gasteiger partial charge in [-0.3, -0.25) is 62.5 Å². The van der Waals surface area contributed by atoms with E-state index in [9.17, 15) is 77.6 Å². The fraction of sp³-hybridized carbons (Fsp3) is 0.509. The monoisotopic (exact) mass is 1250 g/mol. The smallest absolute Gasteiger partial charge is 0.326 e. The fourth-order valence-corrected chi connectivity index (χ4v) is 8.97. The number of aliphatic carboxylic acids is 2. The Hall–Kier alpha value is -9.72. The van der Waals surface area contributed by atoms with Crippen molar-refractivity contribution in [3.05, 3.63) is 71.9 Å². The lowest BCUT2D eigenvalue weighted by atomic mass is 9.96.